The normalized spacial score (nSPS) is 11.8. The van der Waals surface area contributed by atoms with E-state index in [4.69, 9.17) is 33.7 Å². The Morgan fingerprint density at radius 1 is 1.13 bits per heavy atom. The lowest BCUT2D eigenvalue weighted by atomic mass is 10.1. The Hall–Kier alpha value is -1.75. The van der Waals surface area contributed by atoms with Crippen LogP contribution in [0.5, 0.6) is 5.75 Å². The molecule has 6 heteroatoms. The first-order valence-corrected chi connectivity index (χ1v) is 7.75. The summed E-state index contributed by atoms with van der Waals surface area (Å²) in [6, 6.07) is 12.0. The van der Waals surface area contributed by atoms with Gasteiger partial charge in [0.1, 0.15) is 18.4 Å². The minimum Gasteiger partial charge on any atom is -0.489 e. The molecule has 0 unspecified atom stereocenters. The molecular formula is C17H17Cl2NO3. The smallest absolute Gasteiger partial charge is 0.322 e. The first-order valence-electron chi connectivity index (χ1n) is 6.99. The van der Waals surface area contributed by atoms with Crippen molar-refractivity contribution in [2.75, 3.05) is 7.11 Å². The molecule has 23 heavy (non-hydrogen) atoms. The zero-order chi connectivity index (χ0) is 16.8. The topological polar surface area (TPSA) is 61.5 Å². The van der Waals surface area contributed by atoms with Gasteiger partial charge in [0.05, 0.1) is 7.11 Å². The Labute approximate surface area is 145 Å². The second kappa shape index (κ2) is 8.20. The van der Waals surface area contributed by atoms with Crippen LogP contribution in [0.25, 0.3) is 0 Å². The molecule has 0 saturated heterocycles. The fourth-order valence-electron chi connectivity index (χ4n) is 2.04. The molecule has 0 saturated carbocycles. The first kappa shape index (κ1) is 17.6. The van der Waals surface area contributed by atoms with Crippen LogP contribution in [0.1, 0.15) is 11.1 Å². The Morgan fingerprint density at radius 3 is 2.30 bits per heavy atom. The highest BCUT2D eigenvalue weighted by Crippen LogP contribution is 2.26. The SMILES string of the molecule is COC(=O)[C@@H](N)Cc1ccc(OCc2c(Cl)cccc2Cl)cc1. The lowest BCUT2D eigenvalue weighted by Crippen LogP contribution is -2.33. The van der Waals surface area contributed by atoms with Gasteiger partial charge in [-0.3, -0.25) is 4.79 Å². The Morgan fingerprint density at radius 2 is 1.74 bits per heavy atom. The van der Waals surface area contributed by atoms with Crippen molar-refractivity contribution in [1.82, 2.24) is 0 Å². The minimum absolute atomic E-state index is 0.277. The number of esters is 1. The van der Waals surface area contributed by atoms with Crippen molar-refractivity contribution in [3.8, 4) is 5.75 Å². The van der Waals surface area contributed by atoms with Gasteiger partial charge in [-0.1, -0.05) is 41.4 Å². The lowest BCUT2D eigenvalue weighted by Gasteiger charge is -2.11. The predicted molar refractivity (Wildman–Crippen MR) is 90.9 cm³/mol. The quantitative estimate of drug-likeness (QED) is 0.805. The summed E-state index contributed by atoms with van der Waals surface area (Å²) in [7, 11) is 1.32. The fraction of sp³-hybridized carbons (Fsp3) is 0.235. The van der Waals surface area contributed by atoms with E-state index in [1.54, 1.807) is 18.2 Å². The van der Waals surface area contributed by atoms with E-state index in [1.807, 2.05) is 24.3 Å². The third-order valence-corrected chi connectivity index (χ3v) is 4.04. The van der Waals surface area contributed by atoms with Gasteiger partial charge < -0.3 is 15.2 Å². The zero-order valence-electron chi connectivity index (χ0n) is 12.6. The average Bonchev–Trinajstić information content (AvgIpc) is 2.55. The number of carbonyl (C=O) groups is 1. The van der Waals surface area contributed by atoms with E-state index in [9.17, 15) is 4.79 Å². The van der Waals surface area contributed by atoms with Crippen LogP contribution in [-0.2, 0) is 22.6 Å². The molecule has 0 spiro atoms. The predicted octanol–water partition coefficient (Wildman–Crippen LogP) is 3.62. The molecule has 0 radical (unpaired) electrons. The summed E-state index contributed by atoms with van der Waals surface area (Å²) >= 11 is 12.2. The Balaban J connectivity index is 1.96. The molecule has 2 rings (SSSR count). The standard InChI is InChI=1S/C17H17Cl2NO3/c1-22-17(21)16(20)9-11-5-7-12(8-6-11)23-10-13-14(18)3-2-4-15(13)19/h2-8,16H,9-10,20H2,1H3/t16-/m0/s1. The third-order valence-electron chi connectivity index (χ3n) is 3.33. The summed E-state index contributed by atoms with van der Waals surface area (Å²) in [5.74, 6) is 0.245. The number of nitrogens with two attached hydrogens (primary N) is 1. The van der Waals surface area contributed by atoms with Crippen LogP contribution in [0, 0.1) is 0 Å². The number of methoxy groups -OCH3 is 1. The van der Waals surface area contributed by atoms with E-state index in [-0.39, 0.29) is 6.61 Å². The molecule has 0 bridgehead atoms. The monoisotopic (exact) mass is 353 g/mol. The number of halogens is 2. The second-order valence-electron chi connectivity index (χ2n) is 4.97. The van der Waals surface area contributed by atoms with Crippen molar-refractivity contribution in [2.24, 2.45) is 5.73 Å². The number of ether oxygens (including phenoxy) is 2. The molecule has 4 nitrogen and oxygen atoms in total. The molecule has 2 aromatic rings. The van der Waals surface area contributed by atoms with Crippen LogP contribution in [0.3, 0.4) is 0 Å². The number of hydrogen-bond donors (Lipinski definition) is 1. The van der Waals surface area contributed by atoms with Gasteiger partial charge in [0, 0.05) is 15.6 Å². The van der Waals surface area contributed by atoms with E-state index in [0.717, 1.165) is 11.1 Å². The van der Waals surface area contributed by atoms with E-state index >= 15 is 0 Å². The van der Waals surface area contributed by atoms with Gasteiger partial charge >= 0.3 is 5.97 Å². The summed E-state index contributed by atoms with van der Waals surface area (Å²) in [5.41, 5.74) is 7.40. The van der Waals surface area contributed by atoms with E-state index in [2.05, 4.69) is 4.74 Å². The molecule has 122 valence electrons. The van der Waals surface area contributed by atoms with Crippen LogP contribution < -0.4 is 10.5 Å². The molecule has 0 fully saturated rings. The molecular weight excluding hydrogens is 337 g/mol. The summed E-state index contributed by atoms with van der Waals surface area (Å²) < 4.78 is 10.3. The minimum atomic E-state index is -0.672. The maximum Gasteiger partial charge on any atom is 0.322 e. The maximum atomic E-state index is 11.3. The molecule has 0 aliphatic heterocycles. The summed E-state index contributed by atoms with van der Waals surface area (Å²) in [6.45, 7) is 0.277. The van der Waals surface area contributed by atoms with Gasteiger partial charge in [-0.15, -0.1) is 0 Å². The maximum absolute atomic E-state index is 11.3. The number of rotatable bonds is 6. The van der Waals surface area contributed by atoms with Crippen molar-refractivity contribution in [3.63, 3.8) is 0 Å². The van der Waals surface area contributed by atoms with Gasteiger partial charge in [-0.2, -0.15) is 0 Å². The molecule has 2 aromatic carbocycles. The molecule has 0 aliphatic rings. The van der Waals surface area contributed by atoms with Crippen LogP contribution in [0.15, 0.2) is 42.5 Å². The highest BCUT2D eigenvalue weighted by Gasteiger charge is 2.14. The number of hydrogen-bond acceptors (Lipinski definition) is 4. The van der Waals surface area contributed by atoms with Gasteiger partial charge in [0.15, 0.2) is 0 Å². The molecule has 2 N–H and O–H groups in total. The zero-order valence-corrected chi connectivity index (χ0v) is 14.1. The van der Waals surface area contributed by atoms with Crippen molar-refractivity contribution in [3.05, 3.63) is 63.6 Å². The molecule has 1 atom stereocenters. The average molecular weight is 354 g/mol. The fourth-order valence-corrected chi connectivity index (χ4v) is 2.54. The van der Waals surface area contributed by atoms with Gasteiger partial charge in [-0.05, 0) is 36.2 Å². The largest absolute Gasteiger partial charge is 0.489 e. The van der Waals surface area contributed by atoms with Crippen LogP contribution in [-0.4, -0.2) is 19.1 Å². The highest BCUT2D eigenvalue weighted by atomic mass is 35.5. The van der Waals surface area contributed by atoms with Crippen LogP contribution in [0.2, 0.25) is 10.0 Å². The van der Waals surface area contributed by atoms with Gasteiger partial charge in [0.25, 0.3) is 0 Å². The summed E-state index contributed by atoms with van der Waals surface area (Å²) in [6.07, 6.45) is 0.406. The number of benzene rings is 2. The van der Waals surface area contributed by atoms with Crippen molar-refractivity contribution >= 4 is 29.2 Å². The van der Waals surface area contributed by atoms with Crippen molar-refractivity contribution in [1.29, 1.82) is 0 Å². The summed E-state index contributed by atoms with van der Waals surface area (Å²) in [5, 5.41) is 1.14. The molecule has 0 heterocycles. The summed E-state index contributed by atoms with van der Waals surface area (Å²) in [4.78, 5) is 11.3. The second-order valence-corrected chi connectivity index (χ2v) is 5.78. The van der Waals surface area contributed by atoms with Crippen molar-refractivity contribution in [2.45, 2.75) is 19.1 Å². The lowest BCUT2D eigenvalue weighted by molar-refractivity contribution is -0.142. The Kier molecular flexibility index (Phi) is 6.28. The van der Waals surface area contributed by atoms with E-state index in [1.165, 1.54) is 7.11 Å². The first-order chi connectivity index (χ1) is 11.0. The van der Waals surface area contributed by atoms with Crippen LogP contribution >= 0.6 is 23.2 Å². The molecule has 0 aromatic heterocycles. The molecule has 0 amide bonds. The number of carbonyl (C=O) groups excluding carboxylic acids is 1. The van der Waals surface area contributed by atoms with E-state index in [0.29, 0.717) is 22.2 Å². The van der Waals surface area contributed by atoms with Gasteiger partial charge in [-0.25, -0.2) is 0 Å². The van der Waals surface area contributed by atoms with Crippen molar-refractivity contribution < 1.29 is 14.3 Å². The van der Waals surface area contributed by atoms with Crippen LogP contribution in [0.4, 0.5) is 0 Å². The van der Waals surface area contributed by atoms with Gasteiger partial charge in [0.2, 0.25) is 0 Å². The molecule has 0 aliphatic carbocycles. The third kappa shape index (κ3) is 4.86. The Bertz CT molecular complexity index is 654. The highest BCUT2D eigenvalue weighted by molar-refractivity contribution is 6.35. The van der Waals surface area contributed by atoms with E-state index < -0.39 is 12.0 Å².